The third-order valence-corrected chi connectivity index (χ3v) is 1.63. The fraction of sp³-hybridized carbons (Fsp3) is 0.400. The average molecular weight is 183 g/mol. The van der Waals surface area contributed by atoms with Crippen molar-refractivity contribution in [2.45, 2.75) is 0 Å². The standard InChI is InChI=1S/C5H5NO5.Na.H/c7-2-5(1-6-2,3(8)9)4(10)11;;/h1H2,(H,6,7)(H,8,9)(H,10,11);;. The third-order valence-electron chi connectivity index (χ3n) is 1.63. The number of β-lactam (4-membered cyclic amide) rings is 1. The van der Waals surface area contributed by atoms with E-state index in [9.17, 15) is 14.4 Å². The molecule has 0 aliphatic carbocycles. The summed E-state index contributed by atoms with van der Waals surface area (Å²) in [7, 11) is 0. The molecule has 0 aromatic rings. The zero-order valence-electron chi connectivity index (χ0n) is 5.33. The Morgan fingerprint density at radius 1 is 1.33 bits per heavy atom. The maximum atomic E-state index is 10.6. The van der Waals surface area contributed by atoms with Crippen LogP contribution in [0.1, 0.15) is 0 Å². The van der Waals surface area contributed by atoms with Crippen molar-refractivity contribution < 1.29 is 24.6 Å². The van der Waals surface area contributed by atoms with E-state index in [1.165, 1.54) is 0 Å². The minimum atomic E-state index is -2.24. The fourth-order valence-corrected chi connectivity index (χ4v) is 0.774. The zero-order valence-corrected chi connectivity index (χ0v) is 5.33. The predicted molar refractivity (Wildman–Crippen MR) is 37.9 cm³/mol. The van der Waals surface area contributed by atoms with Gasteiger partial charge in [0.2, 0.25) is 0 Å². The molecule has 0 unspecified atom stereocenters. The second-order valence-corrected chi connectivity index (χ2v) is 2.20. The van der Waals surface area contributed by atoms with E-state index in [4.69, 9.17) is 10.2 Å². The molecule has 0 aromatic carbocycles. The molecule has 1 aliphatic heterocycles. The Labute approximate surface area is 89.2 Å². The normalized spacial score (nSPS) is 18.2. The first-order valence-corrected chi connectivity index (χ1v) is 2.77. The molecule has 1 saturated heterocycles. The van der Waals surface area contributed by atoms with Gasteiger partial charge in [-0.2, -0.15) is 0 Å². The van der Waals surface area contributed by atoms with Gasteiger partial charge in [-0.15, -0.1) is 0 Å². The van der Waals surface area contributed by atoms with Gasteiger partial charge in [-0.1, -0.05) is 0 Å². The van der Waals surface area contributed by atoms with E-state index in [1.807, 2.05) is 0 Å². The molecule has 0 atom stereocenters. The molecule has 1 rings (SSSR count). The molecular formula is C5H6NNaO5. The predicted octanol–water partition coefficient (Wildman–Crippen LogP) is -2.38. The summed E-state index contributed by atoms with van der Waals surface area (Å²) in [5.74, 6) is -4.19. The Kier molecular flexibility index (Phi) is 3.25. The molecule has 0 saturated carbocycles. The second-order valence-electron chi connectivity index (χ2n) is 2.20. The molecule has 0 spiro atoms. The monoisotopic (exact) mass is 183 g/mol. The Morgan fingerprint density at radius 2 is 1.75 bits per heavy atom. The number of carboxylic acids is 2. The molecule has 12 heavy (non-hydrogen) atoms. The quantitative estimate of drug-likeness (QED) is 0.252. The molecule has 3 N–H and O–H groups in total. The summed E-state index contributed by atoms with van der Waals surface area (Å²) in [4.78, 5) is 31.2. The van der Waals surface area contributed by atoms with Gasteiger partial charge in [-0.3, -0.25) is 14.4 Å². The van der Waals surface area contributed by atoms with Gasteiger partial charge >= 0.3 is 41.5 Å². The second kappa shape index (κ2) is 3.42. The van der Waals surface area contributed by atoms with Crippen LogP contribution in [-0.2, 0) is 14.4 Å². The van der Waals surface area contributed by atoms with Crippen LogP contribution in [0.3, 0.4) is 0 Å². The average Bonchev–Trinajstić information content (AvgIpc) is 1.83. The molecule has 1 amide bonds. The zero-order chi connectivity index (χ0) is 8.65. The first kappa shape index (κ1) is 11.4. The first-order valence-electron chi connectivity index (χ1n) is 2.77. The molecule has 1 aliphatic rings. The van der Waals surface area contributed by atoms with Crippen molar-refractivity contribution in [1.29, 1.82) is 0 Å². The van der Waals surface area contributed by atoms with E-state index in [-0.39, 0.29) is 36.1 Å². The summed E-state index contributed by atoms with van der Waals surface area (Å²) in [5, 5.41) is 18.8. The van der Waals surface area contributed by atoms with Gasteiger partial charge < -0.3 is 15.5 Å². The van der Waals surface area contributed by atoms with Crippen LogP contribution in [0.5, 0.6) is 0 Å². The van der Waals surface area contributed by atoms with Gasteiger partial charge in [0, 0.05) is 0 Å². The van der Waals surface area contributed by atoms with E-state index >= 15 is 0 Å². The van der Waals surface area contributed by atoms with Gasteiger partial charge in [0.15, 0.2) is 0 Å². The van der Waals surface area contributed by atoms with Crippen molar-refractivity contribution >= 4 is 47.4 Å². The van der Waals surface area contributed by atoms with Gasteiger partial charge in [-0.25, -0.2) is 0 Å². The number of hydrogen-bond acceptors (Lipinski definition) is 3. The molecule has 0 bridgehead atoms. The molecule has 1 fully saturated rings. The van der Waals surface area contributed by atoms with Crippen molar-refractivity contribution in [3.63, 3.8) is 0 Å². The van der Waals surface area contributed by atoms with Crippen LogP contribution in [-0.4, -0.2) is 64.2 Å². The molecule has 6 nitrogen and oxygen atoms in total. The summed E-state index contributed by atoms with van der Waals surface area (Å²) in [6.07, 6.45) is 0. The first-order chi connectivity index (χ1) is 5.01. The van der Waals surface area contributed by atoms with Crippen molar-refractivity contribution in [2.24, 2.45) is 5.41 Å². The van der Waals surface area contributed by atoms with Crippen LogP contribution in [0, 0.1) is 5.41 Å². The number of hydrogen-bond donors (Lipinski definition) is 3. The van der Waals surface area contributed by atoms with Crippen molar-refractivity contribution in [1.82, 2.24) is 5.32 Å². The number of carbonyl (C=O) groups is 3. The third kappa shape index (κ3) is 1.21. The van der Waals surface area contributed by atoms with Crippen LogP contribution in [0.15, 0.2) is 0 Å². The summed E-state index contributed by atoms with van der Waals surface area (Å²) in [6, 6.07) is 0. The van der Waals surface area contributed by atoms with Crippen molar-refractivity contribution in [2.75, 3.05) is 6.54 Å². The van der Waals surface area contributed by atoms with E-state index < -0.39 is 23.3 Å². The van der Waals surface area contributed by atoms with Crippen LogP contribution in [0.2, 0.25) is 0 Å². The number of aliphatic carboxylic acids is 2. The molecule has 0 radical (unpaired) electrons. The Bertz CT molecular complexity index is 222. The maximum absolute atomic E-state index is 10.6. The summed E-state index contributed by atoms with van der Waals surface area (Å²) in [5.41, 5.74) is -2.24. The minimum absolute atomic E-state index is 0. The Balaban J connectivity index is 0.00000121. The molecule has 7 heteroatoms. The van der Waals surface area contributed by atoms with Crippen molar-refractivity contribution in [3.05, 3.63) is 0 Å². The number of rotatable bonds is 2. The van der Waals surface area contributed by atoms with E-state index in [2.05, 4.69) is 5.32 Å². The number of amides is 1. The van der Waals surface area contributed by atoms with Gasteiger partial charge in [-0.05, 0) is 0 Å². The number of carboxylic acid groups (broad SMARTS) is 2. The van der Waals surface area contributed by atoms with Gasteiger partial charge in [0.25, 0.3) is 11.3 Å². The Morgan fingerprint density at radius 3 is 1.75 bits per heavy atom. The SMILES string of the molecule is O=C(O)C1(C(=O)O)CNC1=O.[NaH]. The van der Waals surface area contributed by atoms with Gasteiger partial charge in [0.1, 0.15) is 0 Å². The summed E-state index contributed by atoms with van der Waals surface area (Å²) >= 11 is 0. The number of carbonyl (C=O) groups excluding carboxylic acids is 1. The van der Waals surface area contributed by atoms with Crippen LogP contribution in [0.25, 0.3) is 0 Å². The van der Waals surface area contributed by atoms with Crippen LogP contribution < -0.4 is 5.32 Å². The van der Waals surface area contributed by atoms with Crippen LogP contribution >= 0.6 is 0 Å². The number of nitrogens with one attached hydrogen (secondary N) is 1. The molecular weight excluding hydrogens is 177 g/mol. The molecule has 1 heterocycles. The van der Waals surface area contributed by atoms with Crippen molar-refractivity contribution in [3.8, 4) is 0 Å². The topological polar surface area (TPSA) is 104 Å². The van der Waals surface area contributed by atoms with E-state index in [1.54, 1.807) is 0 Å². The van der Waals surface area contributed by atoms with E-state index in [0.29, 0.717) is 0 Å². The van der Waals surface area contributed by atoms with Gasteiger partial charge in [0.05, 0.1) is 6.54 Å². The molecule has 62 valence electrons. The fourth-order valence-electron chi connectivity index (χ4n) is 0.774. The summed E-state index contributed by atoms with van der Waals surface area (Å²) < 4.78 is 0. The van der Waals surface area contributed by atoms with E-state index in [0.717, 1.165) is 0 Å². The van der Waals surface area contributed by atoms with Crippen LogP contribution in [0.4, 0.5) is 0 Å². The molecule has 0 aromatic heterocycles. The Hall–Kier alpha value is -0.590. The summed E-state index contributed by atoms with van der Waals surface area (Å²) in [6.45, 7) is -0.337.